The molecule has 0 saturated carbocycles. The van der Waals surface area contributed by atoms with E-state index in [4.69, 9.17) is 9.15 Å². The zero-order valence-electron chi connectivity index (χ0n) is 16.8. The molecule has 3 aromatic rings. The number of benzene rings is 2. The van der Waals surface area contributed by atoms with Gasteiger partial charge in [0, 0.05) is 13.0 Å². The lowest BCUT2D eigenvalue weighted by Crippen LogP contribution is -2.36. The van der Waals surface area contributed by atoms with Gasteiger partial charge in [0.2, 0.25) is 11.8 Å². The van der Waals surface area contributed by atoms with Gasteiger partial charge in [-0.15, -0.1) is 0 Å². The van der Waals surface area contributed by atoms with Crippen molar-refractivity contribution in [3.8, 4) is 5.75 Å². The predicted octanol–water partition coefficient (Wildman–Crippen LogP) is 3.54. The van der Waals surface area contributed by atoms with Crippen molar-refractivity contribution < 1.29 is 18.7 Å². The summed E-state index contributed by atoms with van der Waals surface area (Å²) in [5, 5.41) is 3.15. The molecule has 0 spiro atoms. The largest absolute Gasteiger partial charge is 0.497 e. The van der Waals surface area contributed by atoms with E-state index in [0.29, 0.717) is 18.8 Å². The van der Waals surface area contributed by atoms with Crippen LogP contribution in [0, 0.1) is 5.92 Å². The first kappa shape index (κ1) is 19.8. The molecule has 0 unspecified atom stereocenters. The van der Waals surface area contributed by atoms with Crippen LogP contribution in [0.4, 0.5) is 0 Å². The van der Waals surface area contributed by atoms with Crippen LogP contribution in [0.1, 0.15) is 29.3 Å². The summed E-state index contributed by atoms with van der Waals surface area (Å²) in [4.78, 5) is 27.2. The van der Waals surface area contributed by atoms with Gasteiger partial charge in [0.15, 0.2) is 0 Å². The molecule has 0 radical (unpaired) electrons. The fourth-order valence-electron chi connectivity index (χ4n) is 3.75. The number of likely N-dealkylation sites (tertiary alicyclic amines) is 1. The summed E-state index contributed by atoms with van der Waals surface area (Å²) < 4.78 is 10.6. The van der Waals surface area contributed by atoms with Gasteiger partial charge in [-0.1, -0.05) is 42.5 Å². The molecule has 6 heteroatoms. The molecule has 2 heterocycles. The van der Waals surface area contributed by atoms with Crippen molar-refractivity contribution in [3.05, 3.63) is 89.9 Å². The van der Waals surface area contributed by atoms with Crippen LogP contribution in [-0.4, -0.2) is 30.4 Å². The Morgan fingerprint density at radius 1 is 1.10 bits per heavy atom. The number of carbonyl (C=O) groups excluding carboxylic acids is 2. The molecule has 0 bridgehead atoms. The number of ether oxygens (including phenoxy) is 1. The van der Waals surface area contributed by atoms with Gasteiger partial charge >= 0.3 is 0 Å². The normalized spacial score (nSPS) is 17.0. The number of rotatable bonds is 7. The summed E-state index contributed by atoms with van der Waals surface area (Å²) in [6, 6.07) is 20.8. The Kier molecular flexibility index (Phi) is 5.84. The molecule has 30 heavy (non-hydrogen) atoms. The second-order valence-electron chi connectivity index (χ2n) is 7.38. The maximum absolute atomic E-state index is 13.1. The van der Waals surface area contributed by atoms with E-state index in [0.717, 1.165) is 16.9 Å². The quantitative estimate of drug-likeness (QED) is 0.654. The predicted molar refractivity (Wildman–Crippen MR) is 112 cm³/mol. The molecule has 1 N–H and O–H groups in total. The third kappa shape index (κ3) is 4.38. The molecular formula is C24H24N2O4. The minimum absolute atomic E-state index is 0.0349. The molecule has 1 aliphatic heterocycles. The van der Waals surface area contributed by atoms with Gasteiger partial charge in [-0.05, 0) is 35.4 Å². The summed E-state index contributed by atoms with van der Waals surface area (Å²) in [6.07, 6.45) is 1.79. The van der Waals surface area contributed by atoms with Crippen molar-refractivity contribution in [1.82, 2.24) is 10.2 Å². The van der Waals surface area contributed by atoms with E-state index >= 15 is 0 Å². The van der Waals surface area contributed by atoms with Crippen LogP contribution in [0.5, 0.6) is 5.75 Å². The van der Waals surface area contributed by atoms with Crippen molar-refractivity contribution >= 4 is 11.8 Å². The number of amides is 2. The first-order valence-corrected chi connectivity index (χ1v) is 9.93. The van der Waals surface area contributed by atoms with Gasteiger partial charge < -0.3 is 19.4 Å². The van der Waals surface area contributed by atoms with Gasteiger partial charge in [-0.3, -0.25) is 9.59 Å². The summed E-state index contributed by atoms with van der Waals surface area (Å²) in [7, 11) is 1.62. The third-order valence-electron chi connectivity index (χ3n) is 5.38. The smallest absolute Gasteiger partial charge is 0.226 e. The summed E-state index contributed by atoms with van der Waals surface area (Å²) >= 11 is 0. The lowest BCUT2D eigenvalue weighted by atomic mass is 9.97. The average Bonchev–Trinajstić information content (AvgIpc) is 3.43. The Balaban J connectivity index is 1.49. The first-order valence-electron chi connectivity index (χ1n) is 9.93. The molecule has 4 rings (SSSR count). The Labute approximate surface area is 175 Å². The molecule has 2 aromatic carbocycles. The maximum Gasteiger partial charge on any atom is 0.226 e. The maximum atomic E-state index is 13.1. The van der Waals surface area contributed by atoms with Crippen LogP contribution < -0.4 is 10.1 Å². The lowest BCUT2D eigenvalue weighted by molar-refractivity contribution is -0.129. The van der Waals surface area contributed by atoms with Gasteiger partial charge in [-0.25, -0.2) is 0 Å². The van der Waals surface area contributed by atoms with Gasteiger partial charge in [-0.2, -0.15) is 0 Å². The molecule has 2 atom stereocenters. The molecular weight excluding hydrogens is 380 g/mol. The number of hydrogen-bond acceptors (Lipinski definition) is 4. The Bertz CT molecular complexity index is 984. The zero-order chi connectivity index (χ0) is 20.9. The van der Waals surface area contributed by atoms with Crippen LogP contribution in [0.15, 0.2) is 77.4 Å². The van der Waals surface area contributed by atoms with E-state index in [-0.39, 0.29) is 24.3 Å². The van der Waals surface area contributed by atoms with E-state index in [1.165, 1.54) is 0 Å². The Hall–Kier alpha value is -3.54. The average molecular weight is 404 g/mol. The van der Waals surface area contributed by atoms with Gasteiger partial charge in [0.1, 0.15) is 11.5 Å². The van der Waals surface area contributed by atoms with Crippen molar-refractivity contribution in [3.63, 3.8) is 0 Å². The van der Waals surface area contributed by atoms with Crippen molar-refractivity contribution in [2.75, 3.05) is 13.7 Å². The fraction of sp³-hybridized carbons (Fsp3) is 0.250. The standard InChI is InChI=1S/C24H24N2O4/c1-29-20-11-9-18(10-12-20)23(17-6-3-2-4-7-17)25-24(28)19-14-22(27)26(15-19)16-21-8-5-13-30-21/h2-13,19,23H,14-16H2,1H3,(H,25,28)/t19-,23-/m1/s1. The van der Waals surface area contributed by atoms with E-state index in [9.17, 15) is 9.59 Å². The summed E-state index contributed by atoms with van der Waals surface area (Å²) in [5.74, 6) is 0.913. The van der Waals surface area contributed by atoms with Gasteiger partial charge in [0.25, 0.3) is 0 Å². The Morgan fingerprint density at radius 3 is 2.50 bits per heavy atom. The highest BCUT2D eigenvalue weighted by Crippen LogP contribution is 2.26. The molecule has 6 nitrogen and oxygen atoms in total. The van der Waals surface area contributed by atoms with E-state index in [2.05, 4.69) is 5.32 Å². The minimum Gasteiger partial charge on any atom is -0.497 e. The topological polar surface area (TPSA) is 71.8 Å². The highest BCUT2D eigenvalue weighted by Gasteiger charge is 2.35. The Morgan fingerprint density at radius 2 is 1.83 bits per heavy atom. The number of nitrogens with zero attached hydrogens (tertiary/aromatic N) is 1. The second-order valence-corrected chi connectivity index (χ2v) is 7.38. The lowest BCUT2D eigenvalue weighted by Gasteiger charge is -2.22. The molecule has 2 amide bonds. The zero-order valence-corrected chi connectivity index (χ0v) is 16.8. The third-order valence-corrected chi connectivity index (χ3v) is 5.38. The number of methoxy groups -OCH3 is 1. The van der Waals surface area contributed by atoms with Crippen LogP contribution in [-0.2, 0) is 16.1 Å². The van der Waals surface area contributed by atoms with Crippen LogP contribution in [0.25, 0.3) is 0 Å². The number of carbonyl (C=O) groups is 2. The monoisotopic (exact) mass is 404 g/mol. The summed E-state index contributed by atoms with van der Waals surface area (Å²) in [5.41, 5.74) is 1.93. The minimum atomic E-state index is -0.392. The van der Waals surface area contributed by atoms with Crippen LogP contribution >= 0.6 is 0 Å². The number of nitrogens with one attached hydrogen (secondary N) is 1. The number of furan rings is 1. The van der Waals surface area contributed by atoms with Crippen LogP contribution in [0.3, 0.4) is 0 Å². The van der Waals surface area contributed by atoms with Crippen LogP contribution in [0.2, 0.25) is 0 Å². The van der Waals surface area contributed by atoms with E-state index < -0.39 is 5.92 Å². The van der Waals surface area contributed by atoms with Gasteiger partial charge in [0.05, 0.1) is 31.9 Å². The molecule has 1 aliphatic rings. The molecule has 1 saturated heterocycles. The van der Waals surface area contributed by atoms with Crippen molar-refractivity contribution in [2.45, 2.75) is 19.0 Å². The summed E-state index contributed by atoms with van der Waals surface area (Å²) in [6.45, 7) is 0.770. The highest BCUT2D eigenvalue weighted by atomic mass is 16.5. The highest BCUT2D eigenvalue weighted by molar-refractivity contribution is 5.89. The number of hydrogen-bond donors (Lipinski definition) is 1. The second kappa shape index (κ2) is 8.86. The molecule has 1 aromatic heterocycles. The van der Waals surface area contributed by atoms with Crippen molar-refractivity contribution in [1.29, 1.82) is 0 Å². The molecule has 154 valence electrons. The fourth-order valence-corrected chi connectivity index (χ4v) is 3.75. The molecule has 0 aliphatic carbocycles. The van der Waals surface area contributed by atoms with E-state index in [1.807, 2.05) is 60.7 Å². The van der Waals surface area contributed by atoms with E-state index in [1.54, 1.807) is 24.3 Å². The first-order chi connectivity index (χ1) is 14.6. The molecule has 1 fully saturated rings. The van der Waals surface area contributed by atoms with Crippen molar-refractivity contribution in [2.24, 2.45) is 5.92 Å². The SMILES string of the molecule is COc1ccc([C@H](NC(=O)[C@@H]2CC(=O)N(Cc3ccco3)C2)c2ccccc2)cc1.